The van der Waals surface area contributed by atoms with Crippen molar-refractivity contribution in [2.45, 2.75) is 12.7 Å². The Bertz CT molecular complexity index is 372. The lowest BCUT2D eigenvalue weighted by Crippen LogP contribution is -2.11. The lowest BCUT2D eigenvalue weighted by Gasteiger charge is -2.03. The van der Waals surface area contributed by atoms with Crippen LogP contribution in [0.25, 0.3) is 0 Å². The summed E-state index contributed by atoms with van der Waals surface area (Å²) in [5.41, 5.74) is 1.17. The van der Waals surface area contributed by atoms with Gasteiger partial charge in [0.05, 0.1) is 12.7 Å². The van der Waals surface area contributed by atoms with Gasteiger partial charge in [0, 0.05) is 12.0 Å². The van der Waals surface area contributed by atoms with E-state index in [-0.39, 0.29) is 0 Å². The van der Waals surface area contributed by atoms with Gasteiger partial charge in [0.25, 0.3) is 0 Å². The normalized spacial score (nSPS) is 18.6. The molecule has 1 heterocycles. The van der Waals surface area contributed by atoms with E-state index in [2.05, 4.69) is 4.74 Å². The first-order chi connectivity index (χ1) is 6.72. The van der Waals surface area contributed by atoms with Crippen LogP contribution in [0.1, 0.15) is 15.9 Å². The highest BCUT2D eigenvalue weighted by atomic mass is 16.6. The fourth-order valence-electron chi connectivity index (χ4n) is 1.55. The number of ether oxygens (including phenoxy) is 2. The lowest BCUT2D eigenvalue weighted by atomic mass is 10.1. The number of aliphatic hydroxyl groups excluding tert-OH is 1. The monoisotopic (exact) mass is 194 g/mol. The van der Waals surface area contributed by atoms with Crippen molar-refractivity contribution in [1.82, 2.24) is 0 Å². The highest BCUT2D eigenvalue weighted by Gasteiger charge is 2.25. The summed E-state index contributed by atoms with van der Waals surface area (Å²) in [6.07, 6.45) is -0.517. The summed E-state index contributed by atoms with van der Waals surface area (Å²) in [5, 5.41) is 9.26. The van der Waals surface area contributed by atoms with Crippen molar-refractivity contribution in [3.05, 3.63) is 29.3 Å². The van der Waals surface area contributed by atoms with Gasteiger partial charge in [-0.2, -0.15) is 0 Å². The molecule has 2 rings (SSSR count). The number of carbonyl (C=O) groups excluding carboxylic acids is 1. The van der Waals surface area contributed by atoms with E-state index in [1.807, 2.05) is 0 Å². The van der Waals surface area contributed by atoms with Crippen LogP contribution in [0, 0.1) is 0 Å². The molecule has 0 aromatic heterocycles. The van der Waals surface area contributed by atoms with E-state index in [1.165, 1.54) is 7.11 Å². The number of methoxy groups -OCH3 is 1. The number of carbonyl (C=O) groups is 1. The molecule has 0 spiro atoms. The average Bonchev–Trinajstić information content (AvgIpc) is 2.56. The standard InChI is InChI=1S/C10H10O4/c1-13-10(12)6-3-2-4-8-7(6)5-9(11)14-8/h2-4,9,11H,5H2,1H3. The molecule has 0 aliphatic carbocycles. The van der Waals surface area contributed by atoms with Crippen LogP contribution in [0.3, 0.4) is 0 Å². The summed E-state index contributed by atoms with van der Waals surface area (Å²) in [7, 11) is 1.33. The van der Waals surface area contributed by atoms with Crippen LogP contribution in [0.5, 0.6) is 5.75 Å². The molecule has 1 atom stereocenters. The van der Waals surface area contributed by atoms with Crippen LogP contribution >= 0.6 is 0 Å². The first kappa shape index (κ1) is 9.02. The molecule has 0 fully saturated rings. The molecule has 14 heavy (non-hydrogen) atoms. The zero-order valence-corrected chi connectivity index (χ0v) is 7.69. The van der Waals surface area contributed by atoms with Crippen LogP contribution in [0.4, 0.5) is 0 Å². The van der Waals surface area contributed by atoms with Gasteiger partial charge in [-0.05, 0) is 12.1 Å². The van der Waals surface area contributed by atoms with Gasteiger partial charge in [-0.1, -0.05) is 6.07 Å². The van der Waals surface area contributed by atoms with E-state index in [1.54, 1.807) is 18.2 Å². The summed E-state index contributed by atoms with van der Waals surface area (Å²) < 4.78 is 9.71. The highest BCUT2D eigenvalue weighted by molar-refractivity contribution is 5.92. The number of aliphatic hydroxyl groups is 1. The second-order valence-corrected chi connectivity index (χ2v) is 3.05. The maximum absolute atomic E-state index is 11.3. The van der Waals surface area contributed by atoms with Crippen molar-refractivity contribution in [2.75, 3.05) is 7.11 Å². The van der Waals surface area contributed by atoms with Gasteiger partial charge < -0.3 is 14.6 Å². The lowest BCUT2D eigenvalue weighted by molar-refractivity contribution is 0.00214. The molecule has 0 bridgehead atoms. The molecule has 4 nitrogen and oxygen atoms in total. The quantitative estimate of drug-likeness (QED) is 0.669. The second-order valence-electron chi connectivity index (χ2n) is 3.05. The van der Waals surface area contributed by atoms with Crippen molar-refractivity contribution in [2.24, 2.45) is 0 Å². The van der Waals surface area contributed by atoms with Crippen LogP contribution in [-0.4, -0.2) is 24.5 Å². The predicted octanol–water partition coefficient (Wildman–Crippen LogP) is 0.726. The molecule has 0 radical (unpaired) electrons. The van der Waals surface area contributed by atoms with E-state index in [0.29, 0.717) is 23.3 Å². The zero-order valence-electron chi connectivity index (χ0n) is 7.69. The van der Waals surface area contributed by atoms with Gasteiger partial charge in [-0.25, -0.2) is 4.79 Å². The van der Waals surface area contributed by atoms with Gasteiger partial charge in [-0.3, -0.25) is 0 Å². The van der Waals surface area contributed by atoms with Crippen LogP contribution in [0.2, 0.25) is 0 Å². The van der Waals surface area contributed by atoms with E-state index in [9.17, 15) is 9.90 Å². The molecule has 1 N–H and O–H groups in total. The Labute approximate surface area is 81.1 Å². The number of hydrogen-bond donors (Lipinski definition) is 1. The zero-order chi connectivity index (χ0) is 10.1. The van der Waals surface area contributed by atoms with Gasteiger partial charge in [-0.15, -0.1) is 0 Å². The predicted molar refractivity (Wildman–Crippen MR) is 48.1 cm³/mol. The number of rotatable bonds is 1. The van der Waals surface area contributed by atoms with Crippen molar-refractivity contribution in [3.8, 4) is 5.75 Å². The van der Waals surface area contributed by atoms with E-state index in [0.717, 1.165) is 0 Å². The van der Waals surface area contributed by atoms with E-state index in [4.69, 9.17) is 4.74 Å². The number of benzene rings is 1. The largest absolute Gasteiger partial charge is 0.465 e. The first-order valence-corrected chi connectivity index (χ1v) is 4.27. The van der Waals surface area contributed by atoms with Gasteiger partial charge in [0.15, 0.2) is 0 Å². The molecule has 1 aromatic rings. The minimum Gasteiger partial charge on any atom is -0.465 e. The SMILES string of the molecule is COC(=O)c1cccc2c1CC(O)O2. The first-order valence-electron chi connectivity index (χ1n) is 4.27. The minimum atomic E-state index is -0.851. The Balaban J connectivity index is 2.44. The number of esters is 1. The molecule has 1 unspecified atom stereocenters. The topological polar surface area (TPSA) is 55.8 Å². The Kier molecular flexibility index (Phi) is 2.13. The summed E-state index contributed by atoms with van der Waals surface area (Å²) in [6.45, 7) is 0. The number of hydrogen-bond acceptors (Lipinski definition) is 4. The Morgan fingerprint density at radius 3 is 3.14 bits per heavy atom. The molecule has 4 heteroatoms. The molecule has 1 aliphatic heterocycles. The Morgan fingerprint density at radius 2 is 2.43 bits per heavy atom. The fourth-order valence-corrected chi connectivity index (χ4v) is 1.55. The Morgan fingerprint density at radius 1 is 1.64 bits per heavy atom. The summed E-state index contributed by atoms with van der Waals surface area (Å²) >= 11 is 0. The van der Waals surface area contributed by atoms with Crippen LogP contribution < -0.4 is 4.74 Å². The molecule has 0 amide bonds. The summed E-state index contributed by atoms with van der Waals surface area (Å²) in [5.74, 6) is 0.153. The van der Waals surface area contributed by atoms with Crippen molar-refractivity contribution >= 4 is 5.97 Å². The molecule has 74 valence electrons. The summed E-state index contributed by atoms with van der Waals surface area (Å²) in [4.78, 5) is 11.3. The molecular formula is C10H10O4. The van der Waals surface area contributed by atoms with Crippen molar-refractivity contribution < 1.29 is 19.4 Å². The minimum absolute atomic E-state index is 0.334. The van der Waals surface area contributed by atoms with Crippen LogP contribution in [0.15, 0.2) is 18.2 Å². The number of fused-ring (bicyclic) bond motifs is 1. The van der Waals surface area contributed by atoms with E-state index < -0.39 is 12.3 Å². The van der Waals surface area contributed by atoms with Gasteiger partial charge >= 0.3 is 5.97 Å². The second kappa shape index (κ2) is 3.31. The molecule has 0 saturated carbocycles. The third-order valence-electron chi connectivity index (χ3n) is 2.18. The average molecular weight is 194 g/mol. The van der Waals surface area contributed by atoms with Gasteiger partial charge in [0.1, 0.15) is 5.75 Å². The third kappa shape index (κ3) is 1.33. The third-order valence-corrected chi connectivity index (χ3v) is 2.18. The van der Waals surface area contributed by atoms with Crippen molar-refractivity contribution in [1.29, 1.82) is 0 Å². The smallest absolute Gasteiger partial charge is 0.338 e. The fraction of sp³-hybridized carbons (Fsp3) is 0.300. The molecule has 1 aromatic carbocycles. The molecule has 1 aliphatic rings. The van der Waals surface area contributed by atoms with Gasteiger partial charge in [0.2, 0.25) is 6.29 Å². The van der Waals surface area contributed by atoms with E-state index >= 15 is 0 Å². The molecular weight excluding hydrogens is 184 g/mol. The van der Waals surface area contributed by atoms with Crippen LogP contribution in [-0.2, 0) is 11.2 Å². The van der Waals surface area contributed by atoms with Crippen molar-refractivity contribution in [3.63, 3.8) is 0 Å². The molecule has 0 saturated heterocycles. The maximum Gasteiger partial charge on any atom is 0.338 e. The summed E-state index contributed by atoms with van der Waals surface area (Å²) in [6, 6.07) is 5.08. The maximum atomic E-state index is 11.3. The highest BCUT2D eigenvalue weighted by Crippen LogP contribution is 2.30. The Hall–Kier alpha value is -1.55.